The molecule has 0 unspecified atom stereocenters. The molecule has 0 radical (unpaired) electrons. The van der Waals surface area contributed by atoms with E-state index in [1.54, 1.807) is 0 Å². The Morgan fingerprint density at radius 3 is 2.72 bits per heavy atom. The average molecular weight is 310 g/mol. The highest BCUT2D eigenvalue weighted by atomic mass is 79.9. The van der Waals surface area contributed by atoms with Gasteiger partial charge in [-0.15, -0.1) is 0 Å². The Kier molecular flexibility index (Phi) is 4.31. The zero-order chi connectivity index (χ0) is 13.0. The lowest BCUT2D eigenvalue weighted by molar-refractivity contribution is 0.176. The number of hydrogen-bond acceptors (Lipinski definition) is 3. The van der Waals surface area contributed by atoms with E-state index in [1.165, 1.54) is 0 Å². The summed E-state index contributed by atoms with van der Waals surface area (Å²) in [5.41, 5.74) is 1.11. The number of halogens is 1. The van der Waals surface area contributed by atoms with E-state index < -0.39 is 0 Å². The molecule has 1 aromatic carbocycles. The number of hydrogen-bond donors (Lipinski definition) is 1. The van der Waals surface area contributed by atoms with Crippen molar-refractivity contribution in [3.8, 4) is 0 Å². The van der Waals surface area contributed by atoms with Gasteiger partial charge in [0, 0.05) is 13.1 Å². The fraction of sp³-hybridized carbons (Fsp3) is 0.286. The molecule has 0 spiro atoms. The minimum Gasteiger partial charge on any atom is -0.494 e. The molecule has 0 atom stereocenters. The van der Waals surface area contributed by atoms with Gasteiger partial charge in [-0.1, -0.05) is 30.3 Å². The lowest BCUT2D eigenvalue weighted by Crippen LogP contribution is -2.27. The highest BCUT2D eigenvalue weighted by Crippen LogP contribution is 2.28. The van der Waals surface area contributed by atoms with E-state index in [9.17, 15) is 5.11 Å². The van der Waals surface area contributed by atoms with E-state index in [4.69, 9.17) is 4.74 Å². The van der Waals surface area contributed by atoms with Crippen molar-refractivity contribution >= 4 is 15.9 Å². The smallest absolute Gasteiger partial charge is 0.205 e. The summed E-state index contributed by atoms with van der Waals surface area (Å²) < 4.78 is 6.33. The van der Waals surface area contributed by atoms with E-state index in [-0.39, 0.29) is 5.88 Å². The van der Waals surface area contributed by atoms with Crippen LogP contribution in [0.1, 0.15) is 12.5 Å². The van der Waals surface area contributed by atoms with E-state index >= 15 is 0 Å². The molecule has 1 N–H and O–H groups in total. The molecule has 0 saturated carbocycles. The van der Waals surface area contributed by atoms with Gasteiger partial charge in [0.1, 0.15) is 16.8 Å². The third-order valence-electron chi connectivity index (χ3n) is 2.83. The molecule has 1 aliphatic rings. The monoisotopic (exact) mass is 309 g/mol. The molecule has 3 nitrogen and oxygen atoms in total. The van der Waals surface area contributed by atoms with E-state index in [0.29, 0.717) is 23.4 Å². The van der Waals surface area contributed by atoms with Crippen LogP contribution in [0.25, 0.3) is 0 Å². The summed E-state index contributed by atoms with van der Waals surface area (Å²) in [5, 5.41) is 9.94. The second kappa shape index (κ2) is 5.96. The number of nitrogens with zero attached hydrogens (tertiary/aromatic N) is 1. The Morgan fingerprint density at radius 1 is 1.33 bits per heavy atom. The van der Waals surface area contributed by atoms with Gasteiger partial charge in [-0.25, -0.2) is 0 Å². The van der Waals surface area contributed by atoms with Crippen molar-refractivity contribution in [2.24, 2.45) is 0 Å². The normalized spacial score (nSPS) is 15.7. The summed E-state index contributed by atoms with van der Waals surface area (Å²) in [7, 11) is 0. The number of benzene rings is 1. The van der Waals surface area contributed by atoms with Crippen LogP contribution in [0, 0.1) is 0 Å². The molecule has 0 bridgehead atoms. The Balaban J connectivity index is 2.01. The van der Waals surface area contributed by atoms with Crippen LogP contribution >= 0.6 is 15.9 Å². The van der Waals surface area contributed by atoms with Crippen LogP contribution in [0.2, 0.25) is 0 Å². The van der Waals surface area contributed by atoms with E-state index in [1.807, 2.05) is 48.2 Å². The van der Waals surface area contributed by atoms with Gasteiger partial charge in [0.15, 0.2) is 0 Å². The maximum absolute atomic E-state index is 9.94. The highest BCUT2D eigenvalue weighted by molar-refractivity contribution is 9.12. The molecule has 1 heterocycles. The van der Waals surface area contributed by atoms with Crippen molar-refractivity contribution in [1.82, 2.24) is 4.90 Å². The Hall–Kier alpha value is -1.42. The van der Waals surface area contributed by atoms with Crippen molar-refractivity contribution in [2.45, 2.75) is 13.5 Å². The third-order valence-corrected chi connectivity index (χ3v) is 3.57. The second-order valence-corrected chi connectivity index (χ2v) is 4.81. The first-order valence-corrected chi connectivity index (χ1v) is 6.72. The number of aliphatic hydroxyl groups excluding tert-OH is 1. The number of rotatable bonds is 4. The van der Waals surface area contributed by atoms with Crippen molar-refractivity contribution in [3.05, 3.63) is 58.1 Å². The predicted octanol–water partition coefficient (Wildman–Crippen LogP) is 3.54. The number of ether oxygens (including phenoxy) is 1. The standard InChI is InChI=1S/C14H16BrNO2/c1-2-16-9-8-12(13(15)14(16)17)18-10-11-6-4-3-5-7-11/h3-8,17H,2,9-10H2,1H3. The maximum atomic E-state index is 9.94. The predicted molar refractivity (Wildman–Crippen MR) is 75.1 cm³/mol. The summed E-state index contributed by atoms with van der Waals surface area (Å²) >= 11 is 3.37. The lowest BCUT2D eigenvalue weighted by Gasteiger charge is -2.26. The van der Waals surface area contributed by atoms with Crippen molar-refractivity contribution in [3.63, 3.8) is 0 Å². The molecule has 4 heteroatoms. The lowest BCUT2D eigenvalue weighted by atomic mass is 10.2. The van der Waals surface area contributed by atoms with Crippen molar-refractivity contribution in [2.75, 3.05) is 13.1 Å². The summed E-state index contributed by atoms with van der Waals surface area (Å²) in [5.74, 6) is 0.934. The molecule has 1 aromatic rings. The van der Waals surface area contributed by atoms with Crippen LogP contribution in [-0.2, 0) is 11.3 Å². The molecular weight excluding hydrogens is 294 g/mol. The minimum atomic E-state index is 0.239. The van der Waals surface area contributed by atoms with Gasteiger partial charge in [0.25, 0.3) is 0 Å². The first-order valence-electron chi connectivity index (χ1n) is 5.93. The highest BCUT2D eigenvalue weighted by Gasteiger charge is 2.19. The molecule has 1 aliphatic heterocycles. The SMILES string of the molecule is CCN1CC=C(OCc2ccccc2)C(Br)=C1O. The molecule has 0 aliphatic carbocycles. The first kappa shape index (κ1) is 13.0. The van der Waals surface area contributed by atoms with Gasteiger partial charge < -0.3 is 14.7 Å². The van der Waals surface area contributed by atoms with Gasteiger partial charge in [-0.3, -0.25) is 0 Å². The Morgan fingerprint density at radius 2 is 2.06 bits per heavy atom. The van der Waals surface area contributed by atoms with Gasteiger partial charge in [0.2, 0.25) is 5.88 Å². The van der Waals surface area contributed by atoms with Crippen LogP contribution in [0.4, 0.5) is 0 Å². The van der Waals surface area contributed by atoms with Gasteiger partial charge in [0.05, 0.1) is 0 Å². The van der Waals surface area contributed by atoms with Crippen LogP contribution in [0.3, 0.4) is 0 Å². The Bertz CT molecular complexity index is 468. The second-order valence-electron chi connectivity index (χ2n) is 4.02. The van der Waals surface area contributed by atoms with Crippen LogP contribution < -0.4 is 0 Å². The molecule has 0 amide bonds. The summed E-state index contributed by atoms with van der Waals surface area (Å²) in [4.78, 5) is 1.86. The maximum Gasteiger partial charge on any atom is 0.205 e. The van der Waals surface area contributed by atoms with Crippen LogP contribution in [-0.4, -0.2) is 23.1 Å². The number of aliphatic hydroxyl groups is 1. The molecular formula is C14H16BrNO2. The van der Waals surface area contributed by atoms with Gasteiger partial charge in [-0.2, -0.15) is 0 Å². The molecule has 0 aromatic heterocycles. The third kappa shape index (κ3) is 2.88. The minimum absolute atomic E-state index is 0.239. The molecule has 2 rings (SSSR count). The largest absolute Gasteiger partial charge is 0.494 e. The summed E-state index contributed by atoms with van der Waals surface area (Å²) in [6.07, 6.45) is 1.97. The molecule has 18 heavy (non-hydrogen) atoms. The first-order chi connectivity index (χ1) is 8.72. The quantitative estimate of drug-likeness (QED) is 0.923. The van der Waals surface area contributed by atoms with Crippen LogP contribution in [0.15, 0.2) is 52.5 Å². The molecule has 0 saturated heterocycles. The number of likely N-dealkylation sites (N-methyl/N-ethyl adjacent to an activating group) is 1. The van der Waals surface area contributed by atoms with Crippen molar-refractivity contribution in [1.29, 1.82) is 0 Å². The zero-order valence-corrected chi connectivity index (χ0v) is 11.9. The van der Waals surface area contributed by atoms with Gasteiger partial charge >= 0.3 is 0 Å². The van der Waals surface area contributed by atoms with Crippen LogP contribution in [0.5, 0.6) is 0 Å². The van der Waals surface area contributed by atoms with Crippen molar-refractivity contribution < 1.29 is 9.84 Å². The topological polar surface area (TPSA) is 32.7 Å². The van der Waals surface area contributed by atoms with E-state index in [0.717, 1.165) is 12.1 Å². The zero-order valence-electron chi connectivity index (χ0n) is 10.3. The fourth-order valence-corrected chi connectivity index (χ4v) is 2.28. The summed E-state index contributed by atoms with van der Waals surface area (Å²) in [6, 6.07) is 9.97. The van der Waals surface area contributed by atoms with E-state index in [2.05, 4.69) is 15.9 Å². The summed E-state index contributed by atoms with van der Waals surface area (Å²) in [6.45, 7) is 3.94. The van der Waals surface area contributed by atoms with Gasteiger partial charge in [-0.05, 0) is 34.5 Å². The average Bonchev–Trinajstić information content (AvgIpc) is 2.42. The molecule has 0 fully saturated rings. The fourth-order valence-electron chi connectivity index (χ4n) is 1.75. The number of allylic oxidation sites excluding steroid dienone is 1. The Labute approximate surface area is 116 Å². The molecule has 96 valence electrons.